The van der Waals surface area contributed by atoms with Crippen molar-refractivity contribution in [2.24, 2.45) is 0 Å². The van der Waals surface area contributed by atoms with Crippen molar-refractivity contribution < 1.29 is 23.9 Å². The summed E-state index contributed by atoms with van der Waals surface area (Å²) in [5, 5.41) is 2.28. The number of esters is 1. The summed E-state index contributed by atoms with van der Waals surface area (Å²) in [7, 11) is 2.48. The second-order valence-corrected chi connectivity index (χ2v) is 4.49. The Kier molecular flexibility index (Phi) is 7.19. The van der Waals surface area contributed by atoms with Gasteiger partial charge in [-0.05, 0) is 11.6 Å². The van der Waals surface area contributed by atoms with Gasteiger partial charge in [-0.3, -0.25) is 14.5 Å². The zero-order chi connectivity index (χ0) is 17.2. The standard InChI is InChI=1S/C16H18N2O5/c1-17-16(22)18(10-15(21)23-2)13(11-19)14(20)9-8-12-6-4-3-5-7-12/h3-9,11,13H,10H2,1-2H3,(H,17,22). The minimum absolute atomic E-state index is 0.315. The molecule has 122 valence electrons. The molecule has 0 aliphatic carbocycles. The van der Waals surface area contributed by atoms with E-state index < -0.39 is 30.4 Å². The van der Waals surface area contributed by atoms with Crippen molar-refractivity contribution in [1.29, 1.82) is 0 Å². The van der Waals surface area contributed by atoms with Crippen LogP contribution < -0.4 is 5.32 Å². The lowest BCUT2D eigenvalue weighted by Crippen LogP contribution is -2.51. The maximum absolute atomic E-state index is 12.2. The van der Waals surface area contributed by atoms with Crippen molar-refractivity contribution in [2.45, 2.75) is 6.04 Å². The summed E-state index contributed by atoms with van der Waals surface area (Å²) >= 11 is 0. The number of methoxy groups -OCH3 is 1. The molecular formula is C16H18N2O5. The van der Waals surface area contributed by atoms with E-state index >= 15 is 0 Å². The molecular weight excluding hydrogens is 300 g/mol. The SMILES string of the molecule is CNC(=O)N(CC(=O)OC)C(C=O)C(=O)C=Cc1ccccc1. The van der Waals surface area contributed by atoms with Crippen LogP contribution >= 0.6 is 0 Å². The first-order valence-electron chi connectivity index (χ1n) is 6.81. The Bertz CT molecular complexity index is 598. The van der Waals surface area contributed by atoms with Crippen LogP contribution in [0.3, 0.4) is 0 Å². The Morgan fingerprint density at radius 3 is 2.43 bits per heavy atom. The normalized spacial score (nSPS) is 11.6. The zero-order valence-electron chi connectivity index (χ0n) is 12.9. The summed E-state index contributed by atoms with van der Waals surface area (Å²) in [5.74, 6) is -1.35. The number of carbonyl (C=O) groups excluding carboxylic acids is 4. The van der Waals surface area contributed by atoms with E-state index in [9.17, 15) is 19.2 Å². The van der Waals surface area contributed by atoms with Crippen LogP contribution in [0.15, 0.2) is 36.4 Å². The Morgan fingerprint density at radius 2 is 1.91 bits per heavy atom. The number of aldehydes is 1. The molecule has 0 bridgehead atoms. The lowest BCUT2D eigenvalue weighted by Gasteiger charge is -2.24. The first-order chi connectivity index (χ1) is 11.0. The molecule has 1 rings (SSSR count). The van der Waals surface area contributed by atoms with Gasteiger partial charge in [-0.25, -0.2) is 4.79 Å². The molecule has 1 aromatic carbocycles. The zero-order valence-corrected chi connectivity index (χ0v) is 12.9. The fourth-order valence-corrected chi connectivity index (χ4v) is 1.78. The maximum Gasteiger partial charge on any atom is 0.325 e. The average molecular weight is 318 g/mol. The Balaban J connectivity index is 2.94. The number of nitrogens with zero attached hydrogens (tertiary/aromatic N) is 1. The molecule has 0 heterocycles. The monoisotopic (exact) mass is 318 g/mol. The average Bonchev–Trinajstić information content (AvgIpc) is 2.59. The molecule has 0 spiro atoms. The molecule has 2 amide bonds. The van der Waals surface area contributed by atoms with E-state index in [1.165, 1.54) is 19.2 Å². The van der Waals surface area contributed by atoms with Crippen LogP contribution in [0.4, 0.5) is 4.79 Å². The first kappa shape index (κ1) is 18.1. The lowest BCUT2D eigenvalue weighted by atomic mass is 10.1. The van der Waals surface area contributed by atoms with Gasteiger partial charge in [0.05, 0.1) is 7.11 Å². The number of rotatable bonds is 7. The molecule has 1 N–H and O–H groups in total. The minimum Gasteiger partial charge on any atom is -0.468 e. The van der Waals surface area contributed by atoms with E-state index in [1.54, 1.807) is 24.3 Å². The quantitative estimate of drug-likeness (QED) is 0.345. The molecule has 0 radical (unpaired) electrons. The van der Waals surface area contributed by atoms with Gasteiger partial charge in [0.25, 0.3) is 0 Å². The Labute approximate surface area is 133 Å². The van der Waals surface area contributed by atoms with Gasteiger partial charge in [0, 0.05) is 7.05 Å². The number of hydrogen-bond acceptors (Lipinski definition) is 5. The molecule has 1 unspecified atom stereocenters. The summed E-state index contributed by atoms with van der Waals surface area (Å²) in [6.07, 6.45) is 3.04. The summed E-state index contributed by atoms with van der Waals surface area (Å²) in [4.78, 5) is 47.5. The number of urea groups is 1. The van der Waals surface area contributed by atoms with Gasteiger partial charge in [0.2, 0.25) is 0 Å². The molecule has 1 atom stereocenters. The van der Waals surface area contributed by atoms with Gasteiger partial charge in [0.1, 0.15) is 6.54 Å². The van der Waals surface area contributed by atoms with Crippen LogP contribution in [-0.4, -0.2) is 55.7 Å². The van der Waals surface area contributed by atoms with Crippen molar-refractivity contribution >= 4 is 30.1 Å². The van der Waals surface area contributed by atoms with Crippen LogP contribution in [0, 0.1) is 0 Å². The van der Waals surface area contributed by atoms with Crippen molar-refractivity contribution in [1.82, 2.24) is 10.2 Å². The van der Waals surface area contributed by atoms with Crippen LogP contribution in [0.5, 0.6) is 0 Å². The Hall–Kier alpha value is -2.96. The molecule has 1 aromatic rings. The maximum atomic E-state index is 12.2. The summed E-state index contributed by atoms with van der Waals surface area (Å²) < 4.78 is 4.47. The second-order valence-electron chi connectivity index (χ2n) is 4.49. The number of carbonyl (C=O) groups is 4. The Morgan fingerprint density at radius 1 is 1.26 bits per heavy atom. The van der Waals surface area contributed by atoms with E-state index in [4.69, 9.17) is 0 Å². The molecule has 7 heteroatoms. The number of ether oxygens (including phenoxy) is 1. The number of amides is 2. The van der Waals surface area contributed by atoms with Crippen LogP contribution in [0.25, 0.3) is 6.08 Å². The predicted octanol–water partition coefficient (Wildman–Crippen LogP) is 0.651. The topological polar surface area (TPSA) is 92.8 Å². The third-order valence-corrected chi connectivity index (χ3v) is 3.00. The third-order valence-electron chi connectivity index (χ3n) is 3.00. The first-order valence-corrected chi connectivity index (χ1v) is 6.81. The highest BCUT2D eigenvalue weighted by Gasteiger charge is 2.29. The van der Waals surface area contributed by atoms with E-state index in [-0.39, 0.29) is 0 Å². The van der Waals surface area contributed by atoms with E-state index in [0.29, 0.717) is 6.29 Å². The largest absolute Gasteiger partial charge is 0.468 e. The molecule has 0 saturated heterocycles. The third kappa shape index (κ3) is 5.39. The smallest absolute Gasteiger partial charge is 0.325 e. The number of ketones is 1. The highest BCUT2D eigenvalue weighted by atomic mass is 16.5. The predicted molar refractivity (Wildman–Crippen MR) is 83.5 cm³/mol. The summed E-state index contributed by atoms with van der Waals surface area (Å²) in [6, 6.07) is 6.86. The van der Waals surface area contributed by atoms with Crippen molar-refractivity contribution in [3.8, 4) is 0 Å². The van der Waals surface area contributed by atoms with Gasteiger partial charge >= 0.3 is 12.0 Å². The van der Waals surface area contributed by atoms with Crippen molar-refractivity contribution in [2.75, 3.05) is 20.7 Å². The van der Waals surface area contributed by atoms with E-state index in [0.717, 1.165) is 17.6 Å². The highest BCUT2D eigenvalue weighted by Crippen LogP contribution is 2.05. The van der Waals surface area contributed by atoms with Crippen molar-refractivity contribution in [3.63, 3.8) is 0 Å². The lowest BCUT2D eigenvalue weighted by molar-refractivity contribution is -0.142. The number of hydrogen-bond donors (Lipinski definition) is 1. The molecule has 0 saturated carbocycles. The molecule has 0 aliphatic heterocycles. The molecule has 0 aliphatic rings. The number of benzene rings is 1. The fraction of sp³-hybridized carbons (Fsp3) is 0.250. The minimum atomic E-state index is -1.41. The van der Waals surface area contributed by atoms with Gasteiger partial charge in [0.15, 0.2) is 18.1 Å². The van der Waals surface area contributed by atoms with Gasteiger partial charge in [-0.15, -0.1) is 0 Å². The molecule has 0 aromatic heterocycles. The molecule has 7 nitrogen and oxygen atoms in total. The molecule has 0 fully saturated rings. The van der Waals surface area contributed by atoms with Gasteiger partial charge < -0.3 is 14.8 Å². The summed E-state index contributed by atoms with van der Waals surface area (Å²) in [5.41, 5.74) is 0.768. The van der Waals surface area contributed by atoms with E-state index in [2.05, 4.69) is 10.1 Å². The van der Waals surface area contributed by atoms with Crippen LogP contribution in [-0.2, 0) is 19.1 Å². The van der Waals surface area contributed by atoms with Crippen molar-refractivity contribution in [3.05, 3.63) is 42.0 Å². The number of nitrogens with one attached hydrogen (secondary N) is 1. The summed E-state index contributed by atoms with van der Waals surface area (Å²) in [6.45, 7) is -0.509. The second kappa shape index (κ2) is 9.14. The molecule has 23 heavy (non-hydrogen) atoms. The fourth-order valence-electron chi connectivity index (χ4n) is 1.78. The van der Waals surface area contributed by atoms with Gasteiger partial charge in [-0.2, -0.15) is 0 Å². The van der Waals surface area contributed by atoms with Crippen LogP contribution in [0.1, 0.15) is 5.56 Å². The van der Waals surface area contributed by atoms with E-state index in [1.807, 2.05) is 6.07 Å². The van der Waals surface area contributed by atoms with Crippen LogP contribution in [0.2, 0.25) is 0 Å². The highest BCUT2D eigenvalue weighted by molar-refractivity contribution is 6.08. The van der Waals surface area contributed by atoms with Gasteiger partial charge in [-0.1, -0.05) is 36.4 Å².